The number of hydrogen-bond donors (Lipinski definition) is 1. The fraction of sp³-hybridized carbons (Fsp3) is 0.867. The molecular weight excluding hydrogens is 290 g/mol. The predicted molar refractivity (Wildman–Crippen MR) is 79.1 cm³/mol. The standard InChI is InChI=1S/C15H27NO6/c1-14(2,3)22-13(19)16-10(9-21-15(16,4)5)7-8-11(17)12(18)20-6/h10-11,17H,7-9H2,1-6H3. The van der Waals surface area contributed by atoms with Gasteiger partial charge in [-0.1, -0.05) is 0 Å². The number of carbonyl (C=O) groups is 2. The summed E-state index contributed by atoms with van der Waals surface area (Å²) in [6.45, 7) is 9.29. The SMILES string of the molecule is COC(=O)C(O)CCC1COC(C)(C)N1C(=O)OC(C)(C)C. The minimum Gasteiger partial charge on any atom is -0.467 e. The quantitative estimate of drug-likeness (QED) is 0.794. The third-order valence-corrected chi connectivity index (χ3v) is 3.41. The number of aliphatic hydroxyl groups excluding tert-OH is 1. The summed E-state index contributed by atoms with van der Waals surface area (Å²) in [5.74, 6) is -0.679. The Morgan fingerprint density at radius 1 is 1.41 bits per heavy atom. The van der Waals surface area contributed by atoms with Gasteiger partial charge in [0.2, 0.25) is 0 Å². The summed E-state index contributed by atoms with van der Waals surface area (Å²) >= 11 is 0. The molecule has 0 radical (unpaired) electrons. The highest BCUT2D eigenvalue weighted by molar-refractivity contribution is 5.74. The van der Waals surface area contributed by atoms with E-state index in [1.165, 1.54) is 12.0 Å². The zero-order chi connectivity index (χ0) is 17.1. The van der Waals surface area contributed by atoms with Crippen molar-refractivity contribution in [2.45, 2.75) is 70.9 Å². The van der Waals surface area contributed by atoms with Crippen LogP contribution in [0.2, 0.25) is 0 Å². The third-order valence-electron chi connectivity index (χ3n) is 3.41. The average molecular weight is 317 g/mol. The molecule has 1 fully saturated rings. The van der Waals surface area contributed by atoms with E-state index in [9.17, 15) is 14.7 Å². The second-order valence-electron chi connectivity index (χ2n) is 6.88. The van der Waals surface area contributed by atoms with E-state index in [1.807, 2.05) is 0 Å². The van der Waals surface area contributed by atoms with Gasteiger partial charge in [-0.05, 0) is 47.5 Å². The Hall–Kier alpha value is -1.34. The molecule has 1 amide bonds. The Morgan fingerprint density at radius 3 is 2.50 bits per heavy atom. The Bertz CT molecular complexity index is 415. The smallest absolute Gasteiger partial charge is 0.412 e. The lowest BCUT2D eigenvalue weighted by Crippen LogP contribution is -2.50. The first-order valence-electron chi connectivity index (χ1n) is 7.40. The molecule has 1 aliphatic heterocycles. The molecule has 0 bridgehead atoms. The zero-order valence-electron chi connectivity index (χ0n) is 14.2. The van der Waals surface area contributed by atoms with Crippen LogP contribution in [0.25, 0.3) is 0 Å². The minimum absolute atomic E-state index is 0.191. The van der Waals surface area contributed by atoms with Gasteiger partial charge >= 0.3 is 12.1 Å². The van der Waals surface area contributed by atoms with Crippen molar-refractivity contribution < 1.29 is 28.9 Å². The summed E-state index contributed by atoms with van der Waals surface area (Å²) < 4.78 is 15.5. The van der Waals surface area contributed by atoms with E-state index in [4.69, 9.17) is 9.47 Å². The van der Waals surface area contributed by atoms with Crippen LogP contribution in [0.1, 0.15) is 47.5 Å². The van der Waals surface area contributed by atoms with Crippen LogP contribution < -0.4 is 0 Å². The largest absolute Gasteiger partial charge is 0.467 e. The van der Waals surface area contributed by atoms with Crippen molar-refractivity contribution in [3.05, 3.63) is 0 Å². The van der Waals surface area contributed by atoms with Crippen molar-refractivity contribution in [3.8, 4) is 0 Å². The number of ether oxygens (including phenoxy) is 3. The lowest BCUT2D eigenvalue weighted by Gasteiger charge is -2.35. The first-order chi connectivity index (χ1) is 9.98. The Labute approximate surface area is 131 Å². The topological polar surface area (TPSA) is 85.3 Å². The van der Waals surface area contributed by atoms with Crippen LogP contribution in [-0.4, -0.2) is 59.3 Å². The molecule has 7 heteroatoms. The van der Waals surface area contributed by atoms with Gasteiger partial charge in [0.25, 0.3) is 0 Å². The van der Waals surface area contributed by atoms with Crippen LogP contribution in [0.4, 0.5) is 4.79 Å². The number of rotatable bonds is 4. The van der Waals surface area contributed by atoms with Crippen LogP contribution in [0, 0.1) is 0 Å². The van der Waals surface area contributed by atoms with Crippen molar-refractivity contribution >= 4 is 12.1 Å². The summed E-state index contributed by atoms with van der Waals surface area (Å²) in [4.78, 5) is 25.2. The van der Waals surface area contributed by atoms with Gasteiger partial charge in [-0.2, -0.15) is 0 Å². The van der Waals surface area contributed by atoms with Gasteiger partial charge in [0.15, 0.2) is 6.10 Å². The molecule has 128 valence electrons. The maximum absolute atomic E-state index is 12.4. The van der Waals surface area contributed by atoms with Crippen LogP contribution in [-0.2, 0) is 19.0 Å². The molecule has 0 saturated carbocycles. The molecule has 0 aromatic rings. The van der Waals surface area contributed by atoms with E-state index in [0.717, 1.165) is 0 Å². The van der Waals surface area contributed by atoms with Crippen LogP contribution in [0.5, 0.6) is 0 Å². The first-order valence-corrected chi connectivity index (χ1v) is 7.40. The predicted octanol–water partition coefficient (Wildman–Crippen LogP) is 1.67. The third kappa shape index (κ3) is 4.84. The van der Waals surface area contributed by atoms with E-state index in [1.54, 1.807) is 34.6 Å². The van der Waals surface area contributed by atoms with Crippen LogP contribution >= 0.6 is 0 Å². The maximum Gasteiger partial charge on any atom is 0.412 e. The van der Waals surface area contributed by atoms with E-state index < -0.39 is 29.5 Å². The molecule has 0 aliphatic carbocycles. The number of amides is 1. The van der Waals surface area contributed by atoms with E-state index >= 15 is 0 Å². The molecule has 0 aromatic heterocycles. The highest BCUT2D eigenvalue weighted by Gasteiger charge is 2.45. The Kier molecular flexibility index (Phi) is 5.81. The van der Waals surface area contributed by atoms with Gasteiger partial charge in [0.1, 0.15) is 11.3 Å². The van der Waals surface area contributed by atoms with Crippen molar-refractivity contribution in [3.63, 3.8) is 0 Å². The lowest BCUT2D eigenvalue weighted by atomic mass is 10.1. The highest BCUT2D eigenvalue weighted by atomic mass is 16.6. The number of nitrogens with zero attached hydrogens (tertiary/aromatic N) is 1. The van der Waals surface area contributed by atoms with E-state index in [2.05, 4.69) is 4.74 Å². The summed E-state index contributed by atoms with van der Waals surface area (Å²) in [7, 11) is 1.22. The first kappa shape index (κ1) is 18.7. The monoisotopic (exact) mass is 317 g/mol. The minimum atomic E-state index is -1.20. The number of esters is 1. The molecule has 1 N–H and O–H groups in total. The van der Waals surface area contributed by atoms with E-state index in [0.29, 0.717) is 13.0 Å². The van der Waals surface area contributed by atoms with Gasteiger partial charge in [0.05, 0.1) is 19.8 Å². The Balaban J connectivity index is 2.73. The zero-order valence-corrected chi connectivity index (χ0v) is 14.2. The van der Waals surface area contributed by atoms with Gasteiger partial charge in [0, 0.05) is 0 Å². The molecule has 1 aliphatic rings. The molecule has 0 spiro atoms. The number of aliphatic hydroxyl groups is 1. The molecular formula is C15H27NO6. The van der Waals surface area contributed by atoms with Crippen LogP contribution in [0.3, 0.4) is 0 Å². The second kappa shape index (κ2) is 6.83. The van der Waals surface area contributed by atoms with Gasteiger partial charge < -0.3 is 19.3 Å². The lowest BCUT2D eigenvalue weighted by molar-refractivity contribution is -0.150. The summed E-state index contributed by atoms with van der Waals surface area (Å²) in [5, 5.41) is 9.67. The molecule has 22 heavy (non-hydrogen) atoms. The number of carbonyl (C=O) groups excluding carboxylic acids is 2. The molecule has 1 heterocycles. The molecule has 7 nitrogen and oxygen atoms in total. The number of hydrogen-bond acceptors (Lipinski definition) is 6. The van der Waals surface area contributed by atoms with Crippen molar-refractivity contribution in [2.24, 2.45) is 0 Å². The van der Waals surface area contributed by atoms with Crippen LogP contribution in [0.15, 0.2) is 0 Å². The second-order valence-corrected chi connectivity index (χ2v) is 6.88. The molecule has 0 aromatic carbocycles. The molecule has 2 unspecified atom stereocenters. The average Bonchev–Trinajstić information content (AvgIpc) is 2.68. The fourth-order valence-electron chi connectivity index (χ4n) is 2.38. The molecule has 1 rings (SSSR count). The maximum atomic E-state index is 12.4. The summed E-state index contributed by atoms with van der Waals surface area (Å²) in [6.07, 6.45) is -1.06. The fourth-order valence-corrected chi connectivity index (χ4v) is 2.38. The van der Waals surface area contributed by atoms with Crippen molar-refractivity contribution in [1.82, 2.24) is 4.90 Å². The van der Waals surface area contributed by atoms with Crippen molar-refractivity contribution in [1.29, 1.82) is 0 Å². The molecule has 2 atom stereocenters. The molecule has 1 saturated heterocycles. The Morgan fingerprint density at radius 2 is 2.00 bits per heavy atom. The normalized spacial score (nSPS) is 22.3. The summed E-state index contributed by atoms with van der Waals surface area (Å²) in [5.41, 5.74) is -1.39. The van der Waals surface area contributed by atoms with Gasteiger partial charge in [-0.25, -0.2) is 9.59 Å². The number of methoxy groups -OCH3 is 1. The van der Waals surface area contributed by atoms with Gasteiger partial charge in [-0.3, -0.25) is 4.90 Å². The highest BCUT2D eigenvalue weighted by Crippen LogP contribution is 2.31. The summed E-state index contributed by atoms with van der Waals surface area (Å²) in [6, 6.07) is -0.260. The van der Waals surface area contributed by atoms with E-state index in [-0.39, 0.29) is 12.5 Å². The van der Waals surface area contributed by atoms with Gasteiger partial charge in [-0.15, -0.1) is 0 Å². The van der Waals surface area contributed by atoms with Crippen molar-refractivity contribution in [2.75, 3.05) is 13.7 Å².